The summed E-state index contributed by atoms with van der Waals surface area (Å²) in [6.07, 6.45) is 0. The molecule has 0 atom stereocenters. The van der Waals surface area contributed by atoms with Crippen molar-refractivity contribution in [3.8, 4) is 33.4 Å². The van der Waals surface area contributed by atoms with E-state index in [-0.39, 0.29) is 6.61 Å². The third-order valence-corrected chi connectivity index (χ3v) is 5.01. The van der Waals surface area contributed by atoms with E-state index in [1.165, 1.54) is 38.6 Å². The molecule has 0 radical (unpaired) electrons. The van der Waals surface area contributed by atoms with Gasteiger partial charge in [0.05, 0.1) is 6.61 Å². The summed E-state index contributed by atoms with van der Waals surface area (Å²) in [5.74, 6) is 0. The first kappa shape index (κ1) is 13.5. The summed E-state index contributed by atoms with van der Waals surface area (Å²) in [5, 5.41) is 12.4. The number of rotatable bonds is 2. The van der Waals surface area contributed by atoms with E-state index in [0.717, 1.165) is 11.1 Å². The third kappa shape index (κ3) is 1.73. The predicted octanol–water partition coefficient (Wildman–Crippen LogP) is 5.65. The topological polar surface area (TPSA) is 20.2 Å². The van der Waals surface area contributed by atoms with Gasteiger partial charge in [-0.25, -0.2) is 0 Å². The molecule has 0 spiro atoms. The van der Waals surface area contributed by atoms with Gasteiger partial charge in [-0.15, -0.1) is 0 Å². The molecule has 0 amide bonds. The van der Waals surface area contributed by atoms with Crippen LogP contribution in [-0.4, -0.2) is 5.11 Å². The Labute approximate surface area is 140 Å². The monoisotopic (exact) mass is 308 g/mol. The summed E-state index contributed by atoms with van der Waals surface area (Å²) in [5.41, 5.74) is 8.46. The van der Waals surface area contributed by atoms with Gasteiger partial charge in [-0.2, -0.15) is 0 Å². The lowest BCUT2D eigenvalue weighted by molar-refractivity contribution is 0.282. The molecule has 1 N–H and O–H groups in total. The molecule has 1 nitrogen and oxygen atoms in total. The van der Waals surface area contributed by atoms with Gasteiger partial charge in [-0.1, -0.05) is 78.9 Å². The molecule has 1 aliphatic rings. The van der Waals surface area contributed by atoms with Gasteiger partial charge in [-0.05, 0) is 49.7 Å². The first-order chi connectivity index (χ1) is 11.9. The predicted molar refractivity (Wildman–Crippen MR) is 99.7 cm³/mol. The van der Waals surface area contributed by atoms with Crippen LogP contribution in [0.2, 0.25) is 0 Å². The highest BCUT2D eigenvalue weighted by molar-refractivity contribution is 6.19. The third-order valence-electron chi connectivity index (χ3n) is 5.01. The van der Waals surface area contributed by atoms with Crippen LogP contribution in [0.25, 0.3) is 44.2 Å². The van der Waals surface area contributed by atoms with Crippen molar-refractivity contribution in [1.29, 1.82) is 0 Å². The Morgan fingerprint density at radius 3 is 2.08 bits per heavy atom. The zero-order valence-corrected chi connectivity index (χ0v) is 13.2. The summed E-state index contributed by atoms with van der Waals surface area (Å²) in [6.45, 7) is 0.0525. The number of aliphatic hydroxyl groups excluding tert-OH is 1. The van der Waals surface area contributed by atoms with Gasteiger partial charge in [0.15, 0.2) is 0 Å². The Hall–Kier alpha value is -2.90. The Morgan fingerprint density at radius 2 is 1.25 bits per heavy atom. The van der Waals surface area contributed by atoms with Crippen LogP contribution >= 0.6 is 0 Å². The molecule has 0 aliphatic heterocycles. The van der Waals surface area contributed by atoms with Crippen LogP contribution in [0.4, 0.5) is 0 Å². The van der Waals surface area contributed by atoms with Crippen molar-refractivity contribution in [3.63, 3.8) is 0 Å². The maximum Gasteiger partial charge on any atom is 0.0687 e. The van der Waals surface area contributed by atoms with Crippen molar-refractivity contribution in [1.82, 2.24) is 0 Å². The zero-order valence-electron chi connectivity index (χ0n) is 13.2. The number of fused-ring (bicyclic) bond motifs is 3. The van der Waals surface area contributed by atoms with E-state index in [4.69, 9.17) is 0 Å². The molecule has 1 heteroatoms. The molecule has 1 aliphatic carbocycles. The molecule has 4 aromatic rings. The standard InChI is InChI=1S/C23H16O/c24-14-16-6-1-2-8-17(16)21-13-12-15-7-5-11-19-18-9-3-4-10-20(18)23(21)22(15)19/h1-13,24H,14H2. The Morgan fingerprint density at radius 1 is 0.542 bits per heavy atom. The number of benzene rings is 4. The molecule has 0 saturated carbocycles. The minimum absolute atomic E-state index is 0.0525. The van der Waals surface area contributed by atoms with Gasteiger partial charge >= 0.3 is 0 Å². The van der Waals surface area contributed by atoms with E-state index in [2.05, 4.69) is 60.7 Å². The highest BCUT2D eigenvalue weighted by atomic mass is 16.3. The maximum atomic E-state index is 9.76. The van der Waals surface area contributed by atoms with Crippen LogP contribution < -0.4 is 0 Å². The van der Waals surface area contributed by atoms with Gasteiger partial charge in [0, 0.05) is 0 Å². The Bertz CT molecular complexity index is 1090. The Balaban J connectivity index is 1.95. The molecule has 0 heterocycles. The zero-order chi connectivity index (χ0) is 16.1. The molecular weight excluding hydrogens is 292 g/mol. The van der Waals surface area contributed by atoms with E-state index in [1.54, 1.807) is 0 Å². The lowest BCUT2D eigenvalue weighted by Gasteiger charge is -2.13. The highest BCUT2D eigenvalue weighted by Gasteiger charge is 2.24. The fourth-order valence-electron chi connectivity index (χ4n) is 3.96. The van der Waals surface area contributed by atoms with Crippen LogP contribution in [-0.2, 0) is 6.61 Å². The van der Waals surface area contributed by atoms with E-state index in [0.29, 0.717) is 0 Å². The second-order valence-corrected chi connectivity index (χ2v) is 6.25. The van der Waals surface area contributed by atoms with Crippen LogP contribution in [0.1, 0.15) is 5.56 Å². The minimum Gasteiger partial charge on any atom is -0.392 e. The molecule has 0 bridgehead atoms. The number of aliphatic hydroxyl groups is 1. The van der Waals surface area contributed by atoms with Crippen LogP contribution in [0.3, 0.4) is 0 Å². The lowest BCUT2D eigenvalue weighted by Crippen LogP contribution is -1.91. The molecule has 5 rings (SSSR count). The molecule has 114 valence electrons. The van der Waals surface area contributed by atoms with Crippen molar-refractivity contribution < 1.29 is 5.11 Å². The summed E-state index contributed by atoms with van der Waals surface area (Å²) >= 11 is 0. The van der Waals surface area contributed by atoms with Gasteiger partial charge in [0.2, 0.25) is 0 Å². The van der Waals surface area contributed by atoms with Crippen molar-refractivity contribution >= 4 is 10.8 Å². The maximum absolute atomic E-state index is 9.76. The van der Waals surface area contributed by atoms with Gasteiger partial charge in [-0.3, -0.25) is 0 Å². The van der Waals surface area contributed by atoms with E-state index < -0.39 is 0 Å². The normalized spacial score (nSPS) is 11.7. The quantitative estimate of drug-likeness (QED) is 0.447. The molecular formula is C23H16O. The molecule has 0 unspecified atom stereocenters. The molecule has 24 heavy (non-hydrogen) atoms. The van der Waals surface area contributed by atoms with Crippen molar-refractivity contribution in [3.05, 3.63) is 84.4 Å². The number of hydrogen-bond acceptors (Lipinski definition) is 1. The van der Waals surface area contributed by atoms with E-state index in [9.17, 15) is 5.11 Å². The number of hydrogen-bond donors (Lipinski definition) is 1. The highest BCUT2D eigenvalue weighted by Crippen LogP contribution is 2.51. The largest absolute Gasteiger partial charge is 0.392 e. The first-order valence-electron chi connectivity index (χ1n) is 8.23. The molecule has 0 aromatic heterocycles. The average Bonchev–Trinajstić information content (AvgIpc) is 2.99. The Kier molecular flexibility index (Phi) is 2.85. The summed E-state index contributed by atoms with van der Waals surface area (Å²) < 4.78 is 0. The smallest absolute Gasteiger partial charge is 0.0687 e. The van der Waals surface area contributed by atoms with Gasteiger partial charge in [0.25, 0.3) is 0 Å². The van der Waals surface area contributed by atoms with Crippen LogP contribution in [0.15, 0.2) is 78.9 Å². The summed E-state index contributed by atoms with van der Waals surface area (Å²) in [4.78, 5) is 0. The minimum atomic E-state index is 0.0525. The second-order valence-electron chi connectivity index (χ2n) is 6.25. The summed E-state index contributed by atoms with van der Waals surface area (Å²) in [6, 6.07) is 27.6. The fraction of sp³-hybridized carbons (Fsp3) is 0.0435. The molecule has 4 aromatic carbocycles. The fourth-order valence-corrected chi connectivity index (χ4v) is 3.96. The lowest BCUT2D eigenvalue weighted by atomic mass is 9.91. The summed E-state index contributed by atoms with van der Waals surface area (Å²) in [7, 11) is 0. The van der Waals surface area contributed by atoms with Crippen molar-refractivity contribution in [2.75, 3.05) is 0 Å². The van der Waals surface area contributed by atoms with Gasteiger partial charge < -0.3 is 5.11 Å². The first-order valence-corrected chi connectivity index (χ1v) is 8.23. The van der Waals surface area contributed by atoms with Gasteiger partial charge in [0.1, 0.15) is 0 Å². The van der Waals surface area contributed by atoms with Crippen LogP contribution in [0.5, 0.6) is 0 Å². The van der Waals surface area contributed by atoms with Crippen LogP contribution in [0, 0.1) is 0 Å². The molecule has 0 saturated heterocycles. The van der Waals surface area contributed by atoms with Crippen molar-refractivity contribution in [2.45, 2.75) is 6.61 Å². The SMILES string of the molecule is OCc1ccccc1-c1ccc2cccc3c2c1-c1ccccc1-3. The van der Waals surface area contributed by atoms with E-state index >= 15 is 0 Å². The molecule has 0 fully saturated rings. The van der Waals surface area contributed by atoms with E-state index in [1.807, 2.05) is 18.2 Å². The average molecular weight is 308 g/mol. The van der Waals surface area contributed by atoms with Crippen molar-refractivity contribution in [2.24, 2.45) is 0 Å². The second kappa shape index (κ2) is 5.05.